The molecule has 1 amide bonds. The summed E-state index contributed by atoms with van der Waals surface area (Å²) in [5.74, 6) is -1.29. The number of nitrogens with one attached hydrogen (secondary N) is 1. The maximum absolute atomic E-state index is 12.9. The van der Waals surface area contributed by atoms with Crippen molar-refractivity contribution in [2.24, 2.45) is 5.92 Å². The molecule has 0 saturated heterocycles. The van der Waals surface area contributed by atoms with E-state index in [1.807, 2.05) is 34.6 Å². The van der Waals surface area contributed by atoms with Crippen molar-refractivity contribution < 1.29 is 14.7 Å². The molecule has 0 fully saturated rings. The van der Waals surface area contributed by atoms with Gasteiger partial charge in [-0.25, -0.2) is 9.67 Å². The Morgan fingerprint density at radius 3 is 2.48 bits per heavy atom. The smallest absolute Gasteiger partial charge is 0.305 e. The Morgan fingerprint density at radius 1 is 1.32 bits per heavy atom. The van der Waals surface area contributed by atoms with Crippen LogP contribution < -0.4 is 5.32 Å². The van der Waals surface area contributed by atoms with Gasteiger partial charge in [0.1, 0.15) is 0 Å². The highest BCUT2D eigenvalue weighted by molar-refractivity contribution is 6.06. The summed E-state index contributed by atoms with van der Waals surface area (Å²) in [6, 6.07) is 1.83. The van der Waals surface area contributed by atoms with Crippen molar-refractivity contribution >= 4 is 22.9 Å². The molecule has 0 aliphatic rings. The summed E-state index contributed by atoms with van der Waals surface area (Å²) in [4.78, 5) is 28.6. The summed E-state index contributed by atoms with van der Waals surface area (Å²) >= 11 is 0. The minimum atomic E-state index is -0.944. The first-order chi connectivity index (χ1) is 11.5. The Bertz CT molecular complexity index is 810. The zero-order valence-corrected chi connectivity index (χ0v) is 15.6. The van der Waals surface area contributed by atoms with Crippen molar-refractivity contribution in [3.8, 4) is 0 Å². The van der Waals surface area contributed by atoms with Crippen LogP contribution in [0.4, 0.5) is 0 Å². The number of hydrogen-bond donors (Lipinski definition) is 2. The van der Waals surface area contributed by atoms with E-state index in [2.05, 4.69) is 15.4 Å². The zero-order valence-electron chi connectivity index (χ0n) is 15.6. The molecule has 7 heteroatoms. The van der Waals surface area contributed by atoms with Crippen LogP contribution in [0.2, 0.25) is 0 Å². The Hall–Kier alpha value is -2.44. The van der Waals surface area contributed by atoms with Gasteiger partial charge in [-0.2, -0.15) is 5.10 Å². The molecular formula is C18H26N4O3. The number of amides is 1. The summed E-state index contributed by atoms with van der Waals surface area (Å²) in [7, 11) is 0. The van der Waals surface area contributed by atoms with Crippen molar-refractivity contribution in [1.29, 1.82) is 0 Å². The van der Waals surface area contributed by atoms with Crippen LogP contribution in [0.15, 0.2) is 12.3 Å². The zero-order chi connectivity index (χ0) is 18.9. The summed E-state index contributed by atoms with van der Waals surface area (Å²) < 4.78 is 1.78. The quantitative estimate of drug-likeness (QED) is 0.838. The van der Waals surface area contributed by atoms with E-state index in [1.165, 1.54) is 0 Å². The average Bonchev–Trinajstić information content (AvgIpc) is 2.88. The van der Waals surface area contributed by atoms with Gasteiger partial charge in [0.25, 0.3) is 5.91 Å². The van der Waals surface area contributed by atoms with E-state index < -0.39 is 11.5 Å². The second-order valence-corrected chi connectivity index (χ2v) is 7.33. The van der Waals surface area contributed by atoms with Crippen LogP contribution in [0.25, 0.3) is 11.0 Å². The minimum absolute atomic E-state index is 0.0376. The molecule has 2 aromatic rings. The molecule has 0 aliphatic heterocycles. The molecule has 2 N–H and O–H groups in total. The molecule has 2 aromatic heterocycles. The van der Waals surface area contributed by atoms with Gasteiger partial charge in [0.2, 0.25) is 0 Å². The lowest BCUT2D eigenvalue weighted by molar-refractivity contribution is -0.138. The Labute approximate surface area is 147 Å². The number of carbonyl (C=O) groups is 2. The van der Waals surface area contributed by atoms with Gasteiger partial charge in [0, 0.05) is 11.7 Å². The largest absolute Gasteiger partial charge is 0.481 e. The molecular weight excluding hydrogens is 320 g/mol. The number of aryl methyl sites for hydroxylation is 1. The molecule has 1 unspecified atom stereocenters. The van der Waals surface area contributed by atoms with Crippen LogP contribution >= 0.6 is 0 Å². The summed E-state index contributed by atoms with van der Waals surface area (Å²) in [5.41, 5.74) is 0.987. The number of nitrogens with zero attached hydrogens (tertiary/aromatic N) is 3. The van der Waals surface area contributed by atoms with Crippen LogP contribution in [-0.2, 0) is 4.79 Å². The van der Waals surface area contributed by atoms with E-state index in [9.17, 15) is 14.7 Å². The summed E-state index contributed by atoms with van der Waals surface area (Å²) in [6.07, 6.45) is 1.50. The van der Waals surface area contributed by atoms with Gasteiger partial charge in [-0.15, -0.1) is 0 Å². The maximum Gasteiger partial charge on any atom is 0.305 e. The Balaban J connectivity index is 2.47. The average molecular weight is 346 g/mol. The topological polar surface area (TPSA) is 97.1 Å². The van der Waals surface area contributed by atoms with Crippen LogP contribution in [0.3, 0.4) is 0 Å². The highest BCUT2D eigenvalue weighted by atomic mass is 16.4. The number of fused-ring (bicyclic) bond motifs is 1. The monoisotopic (exact) mass is 346 g/mol. The highest BCUT2D eigenvalue weighted by Gasteiger charge is 2.33. The molecule has 7 nitrogen and oxygen atoms in total. The number of hydrogen-bond acceptors (Lipinski definition) is 4. The fourth-order valence-electron chi connectivity index (χ4n) is 2.74. The van der Waals surface area contributed by atoms with Gasteiger partial charge in [0.15, 0.2) is 5.65 Å². The first kappa shape index (κ1) is 18.9. The van der Waals surface area contributed by atoms with Crippen LogP contribution in [0, 0.1) is 12.8 Å². The highest BCUT2D eigenvalue weighted by Crippen LogP contribution is 2.25. The molecule has 2 heterocycles. The molecule has 0 spiro atoms. The Kier molecular flexibility index (Phi) is 5.15. The van der Waals surface area contributed by atoms with Crippen molar-refractivity contribution in [2.45, 2.75) is 59.5 Å². The number of carboxylic acids is 1. The van der Waals surface area contributed by atoms with Gasteiger partial charge in [-0.05, 0) is 39.7 Å². The number of pyridine rings is 1. The Morgan fingerprint density at radius 2 is 1.96 bits per heavy atom. The predicted octanol–water partition coefficient (Wildman–Crippen LogP) is 2.94. The lowest BCUT2D eigenvalue weighted by atomic mass is 9.85. The van der Waals surface area contributed by atoms with E-state index in [0.29, 0.717) is 22.3 Å². The SMILES string of the molecule is Cc1cc(C(=O)NC(C)(CC(=O)O)C(C)C)c2cnn(C(C)C)c2n1. The lowest BCUT2D eigenvalue weighted by Gasteiger charge is -2.33. The van der Waals surface area contributed by atoms with Crippen LogP contribution in [0.5, 0.6) is 0 Å². The van der Waals surface area contributed by atoms with Gasteiger partial charge in [-0.3, -0.25) is 9.59 Å². The molecule has 0 bridgehead atoms. The fraction of sp³-hybridized carbons (Fsp3) is 0.556. The maximum atomic E-state index is 12.9. The van der Waals surface area contributed by atoms with E-state index in [1.54, 1.807) is 23.9 Å². The second kappa shape index (κ2) is 6.82. The van der Waals surface area contributed by atoms with Crippen molar-refractivity contribution in [3.63, 3.8) is 0 Å². The molecule has 0 aliphatic carbocycles. The number of aliphatic carboxylic acids is 1. The van der Waals surface area contributed by atoms with E-state index >= 15 is 0 Å². The molecule has 136 valence electrons. The molecule has 0 saturated carbocycles. The predicted molar refractivity (Wildman–Crippen MR) is 95.6 cm³/mol. The second-order valence-electron chi connectivity index (χ2n) is 7.33. The van der Waals surface area contributed by atoms with Crippen molar-refractivity contribution in [2.75, 3.05) is 0 Å². The standard InChI is InChI=1S/C18H26N4O3/c1-10(2)18(6,8-15(23)24)21-17(25)13-7-12(5)20-16-14(13)9-19-22(16)11(3)4/h7,9-11H,8H2,1-6H3,(H,21,25)(H,23,24). The molecule has 0 radical (unpaired) electrons. The van der Waals surface area contributed by atoms with Gasteiger partial charge < -0.3 is 10.4 Å². The van der Waals surface area contributed by atoms with Gasteiger partial charge in [-0.1, -0.05) is 13.8 Å². The van der Waals surface area contributed by atoms with Crippen molar-refractivity contribution in [3.05, 3.63) is 23.5 Å². The fourth-order valence-corrected chi connectivity index (χ4v) is 2.74. The van der Waals surface area contributed by atoms with E-state index in [-0.39, 0.29) is 24.3 Å². The summed E-state index contributed by atoms with van der Waals surface area (Å²) in [6.45, 7) is 11.4. The number of carbonyl (C=O) groups excluding carboxylic acids is 1. The van der Waals surface area contributed by atoms with Crippen LogP contribution in [-0.4, -0.2) is 37.3 Å². The minimum Gasteiger partial charge on any atom is -0.481 e. The normalized spacial score (nSPS) is 14.1. The molecule has 0 aromatic carbocycles. The number of rotatable bonds is 6. The lowest BCUT2D eigenvalue weighted by Crippen LogP contribution is -2.51. The molecule has 2 rings (SSSR count). The third-order valence-electron chi connectivity index (χ3n) is 4.62. The van der Waals surface area contributed by atoms with E-state index in [0.717, 1.165) is 0 Å². The van der Waals surface area contributed by atoms with E-state index in [4.69, 9.17) is 0 Å². The first-order valence-electron chi connectivity index (χ1n) is 8.44. The summed E-state index contributed by atoms with van der Waals surface area (Å²) in [5, 5.41) is 17.1. The first-order valence-corrected chi connectivity index (χ1v) is 8.44. The third kappa shape index (κ3) is 3.81. The van der Waals surface area contributed by atoms with Gasteiger partial charge in [0.05, 0.1) is 29.1 Å². The van der Waals surface area contributed by atoms with Gasteiger partial charge >= 0.3 is 5.97 Å². The number of carboxylic acid groups (broad SMARTS) is 1. The number of aromatic nitrogens is 3. The molecule has 1 atom stereocenters. The van der Waals surface area contributed by atoms with Crippen LogP contribution in [0.1, 0.15) is 63.1 Å². The molecule has 25 heavy (non-hydrogen) atoms. The third-order valence-corrected chi connectivity index (χ3v) is 4.62. The van der Waals surface area contributed by atoms with Crippen molar-refractivity contribution in [1.82, 2.24) is 20.1 Å².